The summed E-state index contributed by atoms with van der Waals surface area (Å²) in [6.07, 6.45) is 2.62. The third-order valence-corrected chi connectivity index (χ3v) is 12.5. The minimum absolute atomic E-state index is 0.0621. The minimum atomic E-state index is -1.85. The quantitative estimate of drug-likeness (QED) is 0.211. The van der Waals surface area contributed by atoms with Gasteiger partial charge in [0.25, 0.3) is 0 Å². The molecule has 25 heavy (non-hydrogen) atoms. The van der Waals surface area contributed by atoms with Crippen molar-refractivity contribution in [2.75, 3.05) is 19.8 Å². The van der Waals surface area contributed by atoms with E-state index in [1.807, 2.05) is 0 Å². The Bertz CT molecular complexity index is 410. The Morgan fingerprint density at radius 2 is 1.88 bits per heavy atom. The monoisotopic (exact) mass is 391 g/mol. The molecule has 150 valence electrons. The molecule has 0 radical (unpaired) electrons. The van der Waals surface area contributed by atoms with Crippen LogP contribution in [0.25, 0.3) is 0 Å². The molecule has 0 spiro atoms. The number of carbonyl (C=O) groups is 1. The SMILES string of the molecule is C=C(C)C(=O)OCC(O)COCCC[Si](C)(C)O[SiH-](C)(C)CCCC. The fourth-order valence-electron chi connectivity index (χ4n) is 2.84. The summed E-state index contributed by atoms with van der Waals surface area (Å²) < 4.78 is 17.0. The van der Waals surface area contributed by atoms with Crippen LogP contribution in [0.4, 0.5) is 0 Å². The van der Waals surface area contributed by atoms with E-state index in [0.717, 1.165) is 12.5 Å². The van der Waals surface area contributed by atoms with Crippen LogP contribution in [0.5, 0.6) is 0 Å². The summed E-state index contributed by atoms with van der Waals surface area (Å²) in [5.41, 5.74) is 0.325. The molecule has 0 aromatic heterocycles. The van der Waals surface area contributed by atoms with Gasteiger partial charge in [-0.25, -0.2) is 0 Å². The van der Waals surface area contributed by atoms with E-state index in [4.69, 9.17) is 13.6 Å². The van der Waals surface area contributed by atoms with Crippen molar-refractivity contribution >= 4 is 22.6 Å². The first-order valence-electron chi connectivity index (χ1n) is 9.52. The van der Waals surface area contributed by atoms with Crippen LogP contribution < -0.4 is 0 Å². The number of aliphatic hydroxyl groups excluding tert-OH is 1. The zero-order chi connectivity index (χ0) is 19.5. The predicted molar refractivity (Wildman–Crippen MR) is 109 cm³/mol. The van der Waals surface area contributed by atoms with Crippen molar-refractivity contribution in [3.05, 3.63) is 12.2 Å². The fourth-order valence-corrected chi connectivity index (χ4v) is 13.1. The van der Waals surface area contributed by atoms with Crippen LogP contribution in [0.1, 0.15) is 33.1 Å². The van der Waals surface area contributed by atoms with Gasteiger partial charge in [0.1, 0.15) is 0 Å². The van der Waals surface area contributed by atoms with Gasteiger partial charge < -0.3 is 0 Å². The molecule has 1 unspecified atom stereocenters. The standard InChI is InChI=1S/C18H39O5Si2/c1-8-9-12-24(4,5)23-25(6,7)13-10-11-21-14-17(19)15-22-18(20)16(2)3/h17,19,24H,2,8-15H2,1,3-7H3/q-1. The summed E-state index contributed by atoms with van der Waals surface area (Å²) in [7, 11) is -3.51. The predicted octanol–water partition coefficient (Wildman–Crippen LogP) is 3.83. The maximum absolute atomic E-state index is 11.2. The zero-order valence-electron chi connectivity index (χ0n) is 17.1. The van der Waals surface area contributed by atoms with E-state index in [9.17, 15) is 9.90 Å². The summed E-state index contributed by atoms with van der Waals surface area (Å²) in [5, 5.41) is 9.73. The Kier molecular flexibility index (Phi) is 11.8. The number of ether oxygens (including phenoxy) is 2. The van der Waals surface area contributed by atoms with Crippen molar-refractivity contribution in [3.8, 4) is 0 Å². The number of carbonyl (C=O) groups excluding carboxylic acids is 1. The number of hydrogen-bond acceptors (Lipinski definition) is 5. The molecule has 0 rings (SSSR count). The molecule has 5 nitrogen and oxygen atoms in total. The van der Waals surface area contributed by atoms with Gasteiger partial charge in [0, 0.05) is 0 Å². The molecule has 1 atom stereocenters. The molecule has 0 saturated carbocycles. The maximum atomic E-state index is 11.2. The number of aliphatic hydroxyl groups is 1. The van der Waals surface area contributed by atoms with Crippen LogP contribution in [0, 0.1) is 0 Å². The molecule has 0 saturated heterocycles. The molecule has 7 heteroatoms. The van der Waals surface area contributed by atoms with Gasteiger partial charge in [-0.1, -0.05) is 6.58 Å². The molecule has 0 aromatic carbocycles. The number of hydrogen-bond donors (Lipinski definition) is 1. The first kappa shape index (κ1) is 24.5. The molecule has 0 fully saturated rings. The van der Waals surface area contributed by atoms with Crippen LogP contribution in [0.15, 0.2) is 12.2 Å². The van der Waals surface area contributed by atoms with Gasteiger partial charge in [-0.2, -0.15) is 0 Å². The number of rotatable bonds is 14. The van der Waals surface area contributed by atoms with Gasteiger partial charge in [-0.15, -0.1) is 0 Å². The van der Waals surface area contributed by atoms with Crippen molar-refractivity contribution in [1.29, 1.82) is 0 Å². The summed E-state index contributed by atoms with van der Waals surface area (Å²) >= 11 is 0. The normalized spacial score (nSPS) is 14.2. The Hall–Kier alpha value is -0.476. The van der Waals surface area contributed by atoms with Gasteiger partial charge in [0.2, 0.25) is 0 Å². The van der Waals surface area contributed by atoms with Gasteiger partial charge in [0.05, 0.1) is 0 Å². The zero-order valence-corrected chi connectivity index (χ0v) is 19.3. The second-order valence-corrected chi connectivity index (χ2v) is 17.9. The third-order valence-electron chi connectivity index (χ3n) is 4.02. The van der Waals surface area contributed by atoms with Crippen LogP contribution in [-0.4, -0.2) is 53.6 Å². The van der Waals surface area contributed by atoms with E-state index in [-0.39, 0.29) is 13.2 Å². The Labute approximate surface area is 156 Å². The summed E-state index contributed by atoms with van der Waals surface area (Å²) in [5.74, 6) is -0.486. The molecule has 0 aliphatic carbocycles. The molecule has 0 amide bonds. The van der Waals surface area contributed by atoms with E-state index >= 15 is 0 Å². The Balaban J connectivity index is 3.91. The third kappa shape index (κ3) is 13.4. The van der Waals surface area contributed by atoms with E-state index in [2.05, 4.69) is 39.7 Å². The topological polar surface area (TPSA) is 65.0 Å². The Morgan fingerprint density at radius 3 is 2.44 bits per heavy atom. The van der Waals surface area contributed by atoms with Gasteiger partial charge >= 0.3 is 142 Å². The van der Waals surface area contributed by atoms with Crippen LogP contribution in [-0.2, 0) is 18.4 Å². The van der Waals surface area contributed by atoms with E-state index in [0.29, 0.717) is 12.2 Å². The fraction of sp³-hybridized carbons (Fsp3) is 0.833. The van der Waals surface area contributed by atoms with E-state index in [1.54, 1.807) is 6.92 Å². The molecule has 0 aliphatic heterocycles. The molecule has 0 bridgehead atoms. The van der Waals surface area contributed by atoms with Crippen molar-refractivity contribution in [2.24, 2.45) is 0 Å². The van der Waals surface area contributed by atoms with Gasteiger partial charge in [-0.05, 0) is 6.92 Å². The second-order valence-electron chi connectivity index (χ2n) is 8.26. The van der Waals surface area contributed by atoms with Crippen LogP contribution in [0.3, 0.4) is 0 Å². The number of unbranched alkanes of at least 4 members (excludes halogenated alkanes) is 1. The molecule has 0 aromatic rings. The van der Waals surface area contributed by atoms with Crippen molar-refractivity contribution in [3.63, 3.8) is 0 Å². The average Bonchev–Trinajstić information content (AvgIpc) is 2.48. The van der Waals surface area contributed by atoms with E-state index in [1.165, 1.54) is 18.9 Å². The molecule has 1 N–H and O–H groups in total. The van der Waals surface area contributed by atoms with Crippen molar-refractivity contribution in [1.82, 2.24) is 0 Å². The van der Waals surface area contributed by atoms with Crippen molar-refractivity contribution < 1.29 is 23.5 Å². The summed E-state index contributed by atoms with van der Waals surface area (Å²) in [6, 6.07) is 2.31. The van der Waals surface area contributed by atoms with Crippen LogP contribution >= 0.6 is 0 Å². The first-order valence-corrected chi connectivity index (χ1v) is 16.2. The molecule has 0 heterocycles. The Morgan fingerprint density at radius 1 is 1.24 bits per heavy atom. The first-order chi connectivity index (χ1) is 11.5. The molecular weight excluding hydrogens is 352 g/mol. The van der Waals surface area contributed by atoms with Gasteiger partial charge in [0.15, 0.2) is 0 Å². The van der Waals surface area contributed by atoms with E-state index < -0.39 is 28.7 Å². The number of esters is 1. The second kappa shape index (κ2) is 12.0. The summed E-state index contributed by atoms with van der Waals surface area (Å²) in [4.78, 5) is 11.2. The summed E-state index contributed by atoms with van der Waals surface area (Å²) in [6.45, 7) is 17.2. The van der Waals surface area contributed by atoms with Gasteiger partial charge in [-0.3, -0.25) is 0 Å². The average molecular weight is 392 g/mol. The molecule has 0 aliphatic rings. The van der Waals surface area contributed by atoms with Crippen molar-refractivity contribution in [2.45, 2.75) is 77.5 Å². The van der Waals surface area contributed by atoms with Crippen LogP contribution in [0.2, 0.25) is 38.3 Å². The molecular formula is C18H39O5Si2-.